The first-order valence-corrected chi connectivity index (χ1v) is 12.1. The van der Waals surface area contributed by atoms with Crippen LogP contribution in [0.1, 0.15) is 149 Å². The molecule has 1 radical (unpaired) electrons. The fraction of sp³-hybridized carbons (Fsp3) is 0.960. The number of hydrogen-bond acceptors (Lipinski definition) is 0. The predicted octanol–water partition coefficient (Wildman–Crippen LogP) is 9.67. The van der Waals surface area contributed by atoms with Crippen molar-refractivity contribution < 1.29 is 0 Å². The SMILES string of the molecule is [CH2]CCCC(CCCCCCCC)CCCCCCCCCCCC. The first-order valence-electron chi connectivity index (χ1n) is 12.1. The summed E-state index contributed by atoms with van der Waals surface area (Å²) in [5, 5.41) is 0. The van der Waals surface area contributed by atoms with E-state index in [0.717, 1.165) is 12.3 Å². The molecule has 0 nitrogen and oxygen atoms in total. The van der Waals surface area contributed by atoms with Crippen LogP contribution in [0.15, 0.2) is 0 Å². The van der Waals surface area contributed by atoms with Crippen molar-refractivity contribution in [3.05, 3.63) is 6.92 Å². The summed E-state index contributed by atoms with van der Waals surface area (Å²) in [6.07, 6.45) is 30.2. The molecule has 151 valence electrons. The highest BCUT2D eigenvalue weighted by atomic mass is 14.1. The smallest absolute Gasteiger partial charge is 0.0414 e. The van der Waals surface area contributed by atoms with Crippen molar-refractivity contribution >= 4 is 0 Å². The van der Waals surface area contributed by atoms with Gasteiger partial charge in [0.1, 0.15) is 0 Å². The Labute approximate surface area is 161 Å². The monoisotopic (exact) mass is 351 g/mol. The Balaban J connectivity index is 3.51. The normalized spacial score (nSPS) is 12.6. The number of unbranched alkanes of at least 4 members (excludes halogenated alkanes) is 15. The summed E-state index contributed by atoms with van der Waals surface area (Å²) < 4.78 is 0. The molecule has 0 aromatic rings. The maximum atomic E-state index is 4.04. The van der Waals surface area contributed by atoms with Crippen LogP contribution in [0.25, 0.3) is 0 Å². The van der Waals surface area contributed by atoms with E-state index in [-0.39, 0.29) is 0 Å². The molecule has 0 aromatic heterocycles. The standard InChI is InChI=1S/C25H51/c1-4-7-10-12-14-15-16-17-19-21-24-25(22-9-6-3)23-20-18-13-11-8-5-2/h25H,3-24H2,1-2H3. The minimum atomic E-state index is 1.00. The van der Waals surface area contributed by atoms with Crippen LogP contribution < -0.4 is 0 Å². The molecule has 0 aliphatic heterocycles. The van der Waals surface area contributed by atoms with E-state index in [1.54, 1.807) is 0 Å². The Bertz CT molecular complexity index is 220. The highest BCUT2D eigenvalue weighted by Crippen LogP contribution is 2.24. The van der Waals surface area contributed by atoms with Gasteiger partial charge in [-0.2, -0.15) is 0 Å². The average molecular weight is 352 g/mol. The molecule has 0 fully saturated rings. The fourth-order valence-corrected chi connectivity index (χ4v) is 4.00. The minimum Gasteiger partial charge on any atom is -0.0654 e. The topological polar surface area (TPSA) is 0 Å². The minimum absolute atomic E-state index is 1.00. The van der Waals surface area contributed by atoms with Crippen molar-refractivity contribution in [2.24, 2.45) is 5.92 Å². The molecule has 0 rings (SSSR count). The van der Waals surface area contributed by atoms with Gasteiger partial charge in [-0.1, -0.05) is 156 Å². The average Bonchev–Trinajstić information content (AvgIpc) is 2.63. The molecule has 0 heteroatoms. The van der Waals surface area contributed by atoms with Crippen LogP contribution in [0.4, 0.5) is 0 Å². The summed E-state index contributed by atoms with van der Waals surface area (Å²) in [6.45, 7) is 8.65. The Hall–Kier alpha value is 0. The van der Waals surface area contributed by atoms with Crippen molar-refractivity contribution in [3.63, 3.8) is 0 Å². The van der Waals surface area contributed by atoms with Crippen molar-refractivity contribution in [1.29, 1.82) is 0 Å². The van der Waals surface area contributed by atoms with Crippen molar-refractivity contribution in [3.8, 4) is 0 Å². The van der Waals surface area contributed by atoms with E-state index in [4.69, 9.17) is 0 Å². The van der Waals surface area contributed by atoms with Gasteiger partial charge in [0.25, 0.3) is 0 Å². The van der Waals surface area contributed by atoms with Gasteiger partial charge in [-0.3, -0.25) is 0 Å². The quantitative estimate of drug-likeness (QED) is 0.180. The fourth-order valence-electron chi connectivity index (χ4n) is 4.00. The van der Waals surface area contributed by atoms with Gasteiger partial charge in [0, 0.05) is 0 Å². The highest BCUT2D eigenvalue weighted by molar-refractivity contribution is 4.62. The summed E-state index contributed by atoms with van der Waals surface area (Å²) in [6, 6.07) is 0. The summed E-state index contributed by atoms with van der Waals surface area (Å²) in [4.78, 5) is 0. The molecule has 0 saturated carbocycles. The van der Waals surface area contributed by atoms with Gasteiger partial charge in [0.05, 0.1) is 0 Å². The van der Waals surface area contributed by atoms with Gasteiger partial charge in [0.15, 0.2) is 0 Å². The van der Waals surface area contributed by atoms with Crippen LogP contribution in [0.3, 0.4) is 0 Å². The van der Waals surface area contributed by atoms with E-state index in [0.29, 0.717) is 0 Å². The molecule has 25 heavy (non-hydrogen) atoms. The molecule has 0 N–H and O–H groups in total. The molecule has 0 aliphatic carbocycles. The third-order valence-electron chi connectivity index (χ3n) is 5.79. The lowest BCUT2D eigenvalue weighted by Gasteiger charge is -2.16. The molecule has 1 unspecified atom stereocenters. The van der Waals surface area contributed by atoms with Crippen LogP contribution in [0.2, 0.25) is 0 Å². The lowest BCUT2D eigenvalue weighted by atomic mass is 9.90. The second-order valence-corrected chi connectivity index (χ2v) is 8.39. The van der Waals surface area contributed by atoms with E-state index >= 15 is 0 Å². The second-order valence-electron chi connectivity index (χ2n) is 8.39. The molecule has 0 amide bonds. The lowest BCUT2D eigenvalue weighted by Crippen LogP contribution is -2.01. The molecule has 1 atom stereocenters. The molecule has 0 aliphatic rings. The first-order chi connectivity index (χ1) is 12.3. The zero-order chi connectivity index (χ0) is 18.4. The summed E-state index contributed by atoms with van der Waals surface area (Å²) in [5.41, 5.74) is 0. The van der Waals surface area contributed by atoms with E-state index < -0.39 is 0 Å². The Morgan fingerprint density at radius 1 is 0.440 bits per heavy atom. The summed E-state index contributed by atoms with van der Waals surface area (Å²) >= 11 is 0. The van der Waals surface area contributed by atoms with E-state index in [9.17, 15) is 0 Å². The Morgan fingerprint density at radius 3 is 1.12 bits per heavy atom. The van der Waals surface area contributed by atoms with Gasteiger partial charge in [-0.15, -0.1) is 0 Å². The third-order valence-corrected chi connectivity index (χ3v) is 5.79. The predicted molar refractivity (Wildman–Crippen MR) is 117 cm³/mol. The highest BCUT2D eigenvalue weighted by Gasteiger charge is 2.08. The van der Waals surface area contributed by atoms with Crippen molar-refractivity contribution in [2.45, 2.75) is 149 Å². The molecule has 0 bridgehead atoms. The van der Waals surface area contributed by atoms with Gasteiger partial charge >= 0.3 is 0 Å². The molecule has 0 aromatic carbocycles. The van der Waals surface area contributed by atoms with Gasteiger partial charge in [0.2, 0.25) is 0 Å². The number of rotatable bonds is 21. The molecule has 0 heterocycles. The maximum Gasteiger partial charge on any atom is -0.0414 e. The lowest BCUT2D eigenvalue weighted by molar-refractivity contribution is 0.372. The van der Waals surface area contributed by atoms with Crippen molar-refractivity contribution in [2.75, 3.05) is 0 Å². The first kappa shape index (κ1) is 25.0. The van der Waals surface area contributed by atoms with Gasteiger partial charge in [-0.25, -0.2) is 0 Å². The Morgan fingerprint density at radius 2 is 0.760 bits per heavy atom. The number of hydrogen-bond donors (Lipinski definition) is 0. The van der Waals surface area contributed by atoms with E-state index in [2.05, 4.69) is 20.8 Å². The largest absolute Gasteiger partial charge is 0.0654 e. The second kappa shape index (κ2) is 22.0. The van der Waals surface area contributed by atoms with Crippen LogP contribution in [0.5, 0.6) is 0 Å². The van der Waals surface area contributed by atoms with Gasteiger partial charge in [-0.05, 0) is 5.92 Å². The zero-order valence-electron chi connectivity index (χ0n) is 18.1. The van der Waals surface area contributed by atoms with E-state index in [1.165, 1.54) is 128 Å². The van der Waals surface area contributed by atoms with Crippen LogP contribution >= 0.6 is 0 Å². The van der Waals surface area contributed by atoms with Crippen LogP contribution in [0, 0.1) is 12.8 Å². The van der Waals surface area contributed by atoms with Crippen molar-refractivity contribution in [1.82, 2.24) is 0 Å². The molecule has 0 saturated heterocycles. The summed E-state index contributed by atoms with van der Waals surface area (Å²) in [5.74, 6) is 1.00. The third kappa shape index (κ3) is 20.2. The van der Waals surface area contributed by atoms with Gasteiger partial charge < -0.3 is 0 Å². The van der Waals surface area contributed by atoms with Crippen LogP contribution in [-0.4, -0.2) is 0 Å². The molecular formula is C25H51. The zero-order valence-corrected chi connectivity index (χ0v) is 18.1. The van der Waals surface area contributed by atoms with Crippen LogP contribution in [-0.2, 0) is 0 Å². The Kier molecular flexibility index (Phi) is 22.0. The molecule has 0 spiro atoms. The maximum absolute atomic E-state index is 4.04. The molecular weight excluding hydrogens is 300 g/mol. The van der Waals surface area contributed by atoms with E-state index in [1.807, 2.05) is 0 Å². The summed E-state index contributed by atoms with van der Waals surface area (Å²) in [7, 11) is 0.